The average molecular weight is 1170 g/mol. The van der Waals surface area contributed by atoms with Crippen LogP contribution in [0.15, 0.2) is 255 Å². The van der Waals surface area contributed by atoms with Gasteiger partial charge in [-0.15, -0.1) is 0 Å². The quantitative estimate of drug-likeness (QED) is 0.0689. The molecule has 0 bridgehead atoms. The molecule has 4 nitrogen and oxygen atoms in total. The van der Waals surface area contributed by atoms with Crippen molar-refractivity contribution in [2.45, 2.75) is 13.1 Å². The average Bonchev–Trinajstić information content (AvgIpc) is 2.40. The summed E-state index contributed by atoms with van der Waals surface area (Å²) in [4.78, 5) is 2.12. The summed E-state index contributed by atoms with van der Waals surface area (Å²) in [6.45, 7) is 1.98. The molecule has 0 aliphatic heterocycles. The standard InChI is InChI=1S/C74H48F8N4Si/c1-87(2,73-67(79)63(75)71(64(76)68(73)80)83(51-31-19-25-47(41-51)45-21-7-3-8-22-45)53-37-39-61-57(43-53)55-33-15-17-35-59(55)85(61)49-27-11-5-12-28-49)74-69(81)65(77)72(66(78)70(74)82)84(52-32-20-26-48(42-52)46-23-9-4-10-24-46)54-38-40-62-58(44-54)56-34-16-18-36-60(56)86(62)50-29-13-6-14-30-50/h3-44H,1-2H3. The maximum Gasteiger partial charge on any atom is 0.185 e. The summed E-state index contributed by atoms with van der Waals surface area (Å²) in [5, 5.41) is 0.0593. The number of nitrogens with zero attached hydrogens (tertiary/aromatic N) is 4. The highest BCUT2D eigenvalue weighted by atomic mass is 28.3. The first kappa shape index (κ1) is 54.4. The number of benzene rings is 12. The molecule has 0 N–H and O–H groups in total. The molecule has 13 heteroatoms. The van der Waals surface area contributed by atoms with Gasteiger partial charge in [0.15, 0.2) is 46.5 Å². The molecule has 0 saturated carbocycles. The van der Waals surface area contributed by atoms with Gasteiger partial charge in [-0.3, -0.25) is 0 Å². The Kier molecular flexibility index (Phi) is 13.5. The van der Waals surface area contributed by atoms with E-state index in [0.29, 0.717) is 21.9 Å². The summed E-state index contributed by atoms with van der Waals surface area (Å²) in [6, 6.07) is 75.6. The maximum atomic E-state index is 17.8. The van der Waals surface area contributed by atoms with E-state index in [2.05, 4.69) is 0 Å². The highest BCUT2D eigenvalue weighted by molar-refractivity contribution is 7.00. The Morgan fingerprint density at radius 1 is 0.264 bits per heavy atom. The van der Waals surface area contributed by atoms with E-state index in [-0.39, 0.29) is 22.7 Å². The van der Waals surface area contributed by atoms with Crippen LogP contribution in [0.25, 0.3) is 77.2 Å². The molecule has 424 valence electrons. The summed E-state index contributed by atoms with van der Waals surface area (Å²) >= 11 is 0. The van der Waals surface area contributed by atoms with E-state index >= 15 is 35.1 Å². The van der Waals surface area contributed by atoms with Crippen LogP contribution in [0.4, 0.5) is 69.2 Å². The highest BCUT2D eigenvalue weighted by Gasteiger charge is 2.45. The normalized spacial score (nSPS) is 11.8. The molecule has 2 heterocycles. The Morgan fingerprint density at radius 2 is 0.563 bits per heavy atom. The minimum absolute atomic E-state index is 0.0973. The fourth-order valence-corrected chi connectivity index (χ4v) is 15.4. The Morgan fingerprint density at radius 3 is 0.931 bits per heavy atom. The summed E-state index contributed by atoms with van der Waals surface area (Å²) < 4.78 is 146. The van der Waals surface area contributed by atoms with E-state index in [9.17, 15) is 0 Å². The van der Waals surface area contributed by atoms with Crippen molar-refractivity contribution in [1.82, 2.24) is 9.13 Å². The predicted octanol–water partition coefficient (Wildman–Crippen LogP) is 20.1. The fraction of sp³-hybridized carbons (Fsp3) is 0.0270. The predicted molar refractivity (Wildman–Crippen MR) is 338 cm³/mol. The molecule has 0 amide bonds. The number of para-hydroxylation sites is 4. The second-order valence-corrected chi connectivity index (χ2v) is 26.1. The molecule has 0 atom stereocenters. The molecule has 14 aromatic rings. The molecule has 14 rings (SSSR count). The monoisotopic (exact) mass is 1170 g/mol. The van der Waals surface area contributed by atoms with Crippen molar-refractivity contribution < 1.29 is 35.1 Å². The number of fused-ring (bicyclic) bond motifs is 6. The third kappa shape index (κ3) is 8.95. The van der Waals surface area contributed by atoms with Gasteiger partial charge in [-0.25, -0.2) is 35.1 Å². The number of rotatable bonds is 12. The van der Waals surface area contributed by atoms with Crippen LogP contribution in [0.5, 0.6) is 0 Å². The fourth-order valence-electron chi connectivity index (χ4n) is 12.5. The summed E-state index contributed by atoms with van der Waals surface area (Å²) in [5.74, 6) is -15.6. The van der Waals surface area contributed by atoms with E-state index in [1.54, 1.807) is 72.8 Å². The smallest absolute Gasteiger partial charge is 0.185 e. The molecule has 2 aromatic heterocycles. The molecule has 0 unspecified atom stereocenters. The van der Waals surface area contributed by atoms with Crippen LogP contribution in [0.2, 0.25) is 13.1 Å². The number of hydrogen-bond donors (Lipinski definition) is 0. The molecular formula is C74H48F8N4Si. The van der Waals surface area contributed by atoms with Gasteiger partial charge in [-0.05, 0) is 119 Å². The van der Waals surface area contributed by atoms with Gasteiger partial charge >= 0.3 is 0 Å². The summed E-state index contributed by atoms with van der Waals surface area (Å²) in [6.07, 6.45) is 0. The Labute approximate surface area is 495 Å². The third-order valence-electron chi connectivity index (χ3n) is 16.5. The zero-order valence-electron chi connectivity index (χ0n) is 46.6. The van der Waals surface area contributed by atoms with E-state index < -0.39 is 76.4 Å². The maximum absolute atomic E-state index is 17.8. The lowest BCUT2D eigenvalue weighted by molar-refractivity contribution is 0.461. The molecule has 0 aliphatic rings. The topological polar surface area (TPSA) is 16.3 Å². The lowest BCUT2D eigenvalue weighted by Crippen LogP contribution is -2.59. The van der Waals surface area contributed by atoms with Gasteiger partial charge in [0, 0.05) is 66.0 Å². The van der Waals surface area contributed by atoms with Crippen LogP contribution in [0, 0.1) is 46.5 Å². The molecular weight excluding hydrogens is 1120 g/mol. The van der Waals surface area contributed by atoms with Crippen LogP contribution >= 0.6 is 0 Å². The van der Waals surface area contributed by atoms with Crippen LogP contribution < -0.4 is 20.2 Å². The first-order valence-corrected chi connectivity index (χ1v) is 31.1. The minimum atomic E-state index is -4.99. The first-order chi connectivity index (χ1) is 42.3. The molecule has 0 fully saturated rings. The van der Waals surface area contributed by atoms with Crippen molar-refractivity contribution in [3.05, 3.63) is 301 Å². The van der Waals surface area contributed by atoms with Gasteiger partial charge in [0.05, 0.1) is 22.1 Å². The molecule has 0 radical (unpaired) electrons. The number of aromatic nitrogens is 2. The largest absolute Gasteiger partial charge is 0.309 e. The molecule has 0 saturated heterocycles. The second-order valence-electron chi connectivity index (χ2n) is 21.9. The van der Waals surface area contributed by atoms with Gasteiger partial charge in [0.1, 0.15) is 19.4 Å². The molecule has 0 spiro atoms. The van der Waals surface area contributed by atoms with Gasteiger partial charge in [-0.1, -0.05) is 171 Å². The van der Waals surface area contributed by atoms with Crippen LogP contribution in [0.1, 0.15) is 0 Å². The van der Waals surface area contributed by atoms with Crippen LogP contribution in [0.3, 0.4) is 0 Å². The van der Waals surface area contributed by atoms with Gasteiger partial charge in [0.2, 0.25) is 0 Å². The van der Waals surface area contributed by atoms with Gasteiger partial charge in [0.25, 0.3) is 0 Å². The zero-order chi connectivity index (χ0) is 59.8. The van der Waals surface area contributed by atoms with Gasteiger partial charge < -0.3 is 18.9 Å². The van der Waals surface area contributed by atoms with Gasteiger partial charge in [-0.2, -0.15) is 0 Å². The van der Waals surface area contributed by atoms with Crippen LogP contribution in [-0.4, -0.2) is 17.2 Å². The third-order valence-corrected chi connectivity index (χ3v) is 19.8. The SMILES string of the molecule is C[Si](C)(c1c(F)c(F)c(N(c2cccc(-c3ccccc3)c2)c2ccc3c(c2)c2ccccc2n3-c2ccccc2)c(F)c1F)c1c(F)c(F)c(N(c2cccc(-c3ccccc3)c2)c2ccc3c(c2)c2ccccc2n3-c2ccccc2)c(F)c1F. The Bertz CT molecular complexity index is 4640. The molecule has 0 aliphatic carbocycles. The van der Waals surface area contributed by atoms with Crippen molar-refractivity contribution in [3.8, 4) is 33.6 Å². The first-order valence-electron chi connectivity index (χ1n) is 28.1. The van der Waals surface area contributed by atoms with E-state index in [4.69, 9.17) is 0 Å². The number of hydrogen-bond acceptors (Lipinski definition) is 2. The van der Waals surface area contributed by atoms with Crippen molar-refractivity contribution in [2.24, 2.45) is 0 Å². The van der Waals surface area contributed by atoms with Crippen LogP contribution in [-0.2, 0) is 0 Å². The van der Waals surface area contributed by atoms with Crippen molar-refractivity contribution >= 4 is 96.2 Å². The highest BCUT2D eigenvalue weighted by Crippen LogP contribution is 2.46. The number of anilines is 6. The molecule has 12 aromatic carbocycles. The van der Waals surface area contributed by atoms with E-state index in [0.717, 1.165) is 78.2 Å². The number of halogens is 8. The summed E-state index contributed by atoms with van der Waals surface area (Å²) in [7, 11) is -4.99. The lowest BCUT2D eigenvalue weighted by atomic mass is 10.0. The van der Waals surface area contributed by atoms with Crippen molar-refractivity contribution in [2.75, 3.05) is 9.80 Å². The van der Waals surface area contributed by atoms with Crippen molar-refractivity contribution in [3.63, 3.8) is 0 Å². The minimum Gasteiger partial charge on any atom is -0.309 e. The molecule has 87 heavy (non-hydrogen) atoms. The van der Waals surface area contributed by atoms with E-state index in [1.807, 2.05) is 179 Å². The van der Waals surface area contributed by atoms with E-state index in [1.165, 1.54) is 12.1 Å². The lowest BCUT2D eigenvalue weighted by Gasteiger charge is -2.32. The second kappa shape index (κ2) is 21.5. The zero-order valence-corrected chi connectivity index (χ0v) is 47.6. The Balaban J connectivity index is 0.940. The van der Waals surface area contributed by atoms with Crippen molar-refractivity contribution in [1.29, 1.82) is 0 Å². The summed E-state index contributed by atoms with van der Waals surface area (Å²) in [5.41, 5.74) is 5.43. The Hall–Kier alpha value is -10.5.